The largest absolute Gasteiger partial charge is 0.327 e. The smallest absolute Gasteiger partial charge is 0.0234 e. The van der Waals surface area contributed by atoms with Gasteiger partial charge in [-0.25, -0.2) is 0 Å². The van der Waals surface area contributed by atoms with Gasteiger partial charge in [-0.05, 0) is 36.1 Å². The Morgan fingerprint density at radius 3 is 2.35 bits per heavy atom. The van der Waals surface area contributed by atoms with Gasteiger partial charge >= 0.3 is 0 Å². The van der Waals surface area contributed by atoms with Crippen molar-refractivity contribution in [1.29, 1.82) is 0 Å². The lowest BCUT2D eigenvalue weighted by Crippen LogP contribution is -2.42. The van der Waals surface area contributed by atoms with Gasteiger partial charge in [-0.2, -0.15) is 0 Å². The first-order valence-corrected chi connectivity index (χ1v) is 7.43. The third-order valence-electron chi connectivity index (χ3n) is 4.01. The van der Waals surface area contributed by atoms with E-state index in [0.29, 0.717) is 6.04 Å². The van der Waals surface area contributed by atoms with E-state index < -0.39 is 0 Å². The van der Waals surface area contributed by atoms with E-state index in [-0.39, 0.29) is 0 Å². The van der Waals surface area contributed by atoms with E-state index in [0.717, 1.165) is 13.1 Å². The fraction of sp³-hybridized carbons (Fsp3) is 0.333. The first kappa shape index (κ1) is 13.3. The summed E-state index contributed by atoms with van der Waals surface area (Å²) in [5, 5.41) is 0. The van der Waals surface area contributed by atoms with E-state index in [4.69, 9.17) is 5.73 Å². The van der Waals surface area contributed by atoms with Crippen LogP contribution in [0.15, 0.2) is 54.6 Å². The predicted octanol–water partition coefficient (Wildman–Crippen LogP) is 3.28. The fourth-order valence-corrected chi connectivity index (χ4v) is 2.93. The van der Waals surface area contributed by atoms with Crippen LogP contribution in [-0.4, -0.2) is 24.0 Å². The summed E-state index contributed by atoms with van der Waals surface area (Å²) in [7, 11) is 0. The van der Waals surface area contributed by atoms with E-state index >= 15 is 0 Å². The molecule has 104 valence electrons. The summed E-state index contributed by atoms with van der Waals surface area (Å²) in [5.74, 6) is 0. The summed E-state index contributed by atoms with van der Waals surface area (Å²) in [5.41, 5.74) is 9.97. The van der Waals surface area contributed by atoms with Crippen LogP contribution in [0.4, 0.5) is 0 Å². The number of hydrogen-bond donors (Lipinski definition) is 1. The topological polar surface area (TPSA) is 29.3 Å². The molecule has 2 N–H and O–H groups in total. The van der Waals surface area contributed by atoms with Crippen LogP contribution in [0.3, 0.4) is 0 Å². The van der Waals surface area contributed by atoms with Crippen molar-refractivity contribution in [1.82, 2.24) is 4.90 Å². The van der Waals surface area contributed by atoms with Crippen LogP contribution < -0.4 is 5.73 Å². The van der Waals surface area contributed by atoms with Crippen LogP contribution in [-0.2, 0) is 6.54 Å². The van der Waals surface area contributed by atoms with E-state index in [2.05, 4.69) is 59.5 Å². The first-order chi connectivity index (χ1) is 9.81. The predicted molar refractivity (Wildman–Crippen MR) is 84.4 cm³/mol. The average molecular weight is 266 g/mol. The van der Waals surface area contributed by atoms with E-state index in [1.54, 1.807) is 0 Å². The number of hydrogen-bond acceptors (Lipinski definition) is 2. The van der Waals surface area contributed by atoms with Gasteiger partial charge in [-0.1, -0.05) is 54.6 Å². The van der Waals surface area contributed by atoms with Gasteiger partial charge in [0, 0.05) is 19.1 Å². The summed E-state index contributed by atoms with van der Waals surface area (Å²) in [6.07, 6.45) is 2.40. The molecule has 0 aromatic heterocycles. The molecule has 0 amide bonds. The number of nitrogens with zero attached hydrogens (tertiary/aromatic N) is 1. The second kappa shape index (κ2) is 6.21. The molecule has 0 saturated carbocycles. The highest BCUT2D eigenvalue weighted by Gasteiger charge is 2.16. The van der Waals surface area contributed by atoms with Crippen molar-refractivity contribution in [2.75, 3.05) is 13.1 Å². The molecule has 0 unspecified atom stereocenters. The van der Waals surface area contributed by atoms with Gasteiger partial charge in [0.1, 0.15) is 0 Å². The molecule has 2 aromatic carbocycles. The maximum atomic E-state index is 6.04. The van der Waals surface area contributed by atoms with Crippen LogP contribution in [0.1, 0.15) is 18.4 Å². The van der Waals surface area contributed by atoms with Crippen LogP contribution in [0.5, 0.6) is 0 Å². The Kier molecular flexibility index (Phi) is 4.14. The summed E-state index contributed by atoms with van der Waals surface area (Å²) in [6.45, 7) is 3.22. The zero-order chi connectivity index (χ0) is 13.8. The molecular formula is C18H22N2. The second-order valence-corrected chi connectivity index (χ2v) is 5.70. The highest BCUT2D eigenvalue weighted by Crippen LogP contribution is 2.20. The van der Waals surface area contributed by atoms with Crippen LogP contribution in [0, 0.1) is 0 Å². The zero-order valence-electron chi connectivity index (χ0n) is 11.8. The summed E-state index contributed by atoms with van der Waals surface area (Å²) < 4.78 is 0. The van der Waals surface area contributed by atoms with Gasteiger partial charge in [0.05, 0.1) is 0 Å². The third kappa shape index (κ3) is 3.27. The maximum Gasteiger partial charge on any atom is 0.0234 e. The maximum absolute atomic E-state index is 6.04. The minimum Gasteiger partial charge on any atom is -0.327 e. The van der Waals surface area contributed by atoms with Gasteiger partial charge in [-0.3, -0.25) is 4.90 Å². The van der Waals surface area contributed by atoms with Crippen LogP contribution in [0.2, 0.25) is 0 Å². The van der Waals surface area contributed by atoms with E-state index in [1.165, 1.54) is 36.1 Å². The molecular weight excluding hydrogens is 244 g/mol. The van der Waals surface area contributed by atoms with Crippen molar-refractivity contribution in [3.63, 3.8) is 0 Å². The third-order valence-corrected chi connectivity index (χ3v) is 4.01. The number of piperidine rings is 1. The van der Waals surface area contributed by atoms with Crippen LogP contribution >= 0.6 is 0 Å². The van der Waals surface area contributed by atoms with Crippen molar-refractivity contribution in [2.45, 2.75) is 25.4 Å². The monoisotopic (exact) mass is 266 g/mol. The molecule has 1 aliphatic heterocycles. The van der Waals surface area contributed by atoms with Gasteiger partial charge in [0.25, 0.3) is 0 Å². The van der Waals surface area contributed by atoms with Crippen molar-refractivity contribution in [2.24, 2.45) is 5.73 Å². The molecule has 2 aromatic rings. The molecule has 0 aliphatic carbocycles. The average Bonchev–Trinajstić information content (AvgIpc) is 2.49. The van der Waals surface area contributed by atoms with Gasteiger partial charge in [-0.15, -0.1) is 0 Å². The van der Waals surface area contributed by atoms with Crippen LogP contribution in [0.25, 0.3) is 11.1 Å². The number of rotatable bonds is 3. The van der Waals surface area contributed by atoms with Gasteiger partial charge in [0.15, 0.2) is 0 Å². The minimum atomic E-state index is 0.354. The molecule has 20 heavy (non-hydrogen) atoms. The summed E-state index contributed by atoms with van der Waals surface area (Å²) >= 11 is 0. The Bertz CT molecular complexity index is 533. The molecule has 3 rings (SSSR count). The highest BCUT2D eigenvalue weighted by molar-refractivity contribution is 5.63. The number of benzene rings is 2. The van der Waals surface area contributed by atoms with Crippen molar-refractivity contribution < 1.29 is 0 Å². The van der Waals surface area contributed by atoms with Gasteiger partial charge in [0.2, 0.25) is 0 Å². The Labute approximate surface area is 121 Å². The molecule has 2 nitrogen and oxygen atoms in total. The van der Waals surface area contributed by atoms with E-state index in [9.17, 15) is 0 Å². The van der Waals surface area contributed by atoms with Crippen molar-refractivity contribution in [3.8, 4) is 11.1 Å². The second-order valence-electron chi connectivity index (χ2n) is 5.70. The molecule has 0 spiro atoms. The summed E-state index contributed by atoms with van der Waals surface area (Å²) in [4.78, 5) is 2.46. The molecule has 0 radical (unpaired) electrons. The molecule has 1 heterocycles. The van der Waals surface area contributed by atoms with Gasteiger partial charge < -0.3 is 5.73 Å². The summed E-state index contributed by atoms with van der Waals surface area (Å²) in [6, 6.07) is 19.8. The lowest BCUT2D eigenvalue weighted by molar-refractivity contribution is 0.201. The van der Waals surface area contributed by atoms with E-state index in [1.807, 2.05) is 0 Å². The molecule has 1 aliphatic rings. The standard InChI is InChI=1S/C18H22N2/c19-18-7-4-12-20(14-18)13-15-8-10-17(11-9-15)16-5-2-1-3-6-16/h1-3,5-6,8-11,18H,4,7,12-14,19H2/t18-/m1/s1. The Balaban J connectivity index is 1.67. The molecule has 0 bridgehead atoms. The SMILES string of the molecule is N[C@@H]1CCCN(Cc2ccc(-c3ccccc3)cc2)C1. The minimum absolute atomic E-state index is 0.354. The number of likely N-dealkylation sites (tertiary alicyclic amines) is 1. The Morgan fingerprint density at radius 1 is 0.950 bits per heavy atom. The zero-order valence-corrected chi connectivity index (χ0v) is 11.8. The lowest BCUT2D eigenvalue weighted by atomic mass is 10.0. The fourth-order valence-electron chi connectivity index (χ4n) is 2.93. The molecule has 1 fully saturated rings. The van der Waals surface area contributed by atoms with Crippen molar-refractivity contribution in [3.05, 3.63) is 60.2 Å². The molecule has 1 atom stereocenters. The normalized spacial score (nSPS) is 19.9. The number of nitrogens with two attached hydrogens (primary N) is 1. The Hall–Kier alpha value is -1.64. The lowest BCUT2D eigenvalue weighted by Gasteiger charge is -2.30. The highest BCUT2D eigenvalue weighted by atomic mass is 15.1. The molecule has 2 heteroatoms. The molecule has 1 saturated heterocycles. The first-order valence-electron chi connectivity index (χ1n) is 7.43. The van der Waals surface area contributed by atoms with Crippen molar-refractivity contribution >= 4 is 0 Å². The Morgan fingerprint density at radius 2 is 1.65 bits per heavy atom. The quantitative estimate of drug-likeness (QED) is 0.924.